The molecule has 7 nitrogen and oxygen atoms in total. The maximum Gasteiger partial charge on any atom is 0.319 e. The summed E-state index contributed by atoms with van der Waals surface area (Å²) in [4.78, 5) is 15.9. The van der Waals surface area contributed by atoms with Crippen LogP contribution in [0.4, 0.5) is 10.5 Å². The summed E-state index contributed by atoms with van der Waals surface area (Å²) in [5, 5.41) is 9.52. The Morgan fingerprint density at radius 2 is 2.24 bits per heavy atom. The number of pyridine rings is 1. The van der Waals surface area contributed by atoms with Crippen LogP contribution in [0.15, 0.2) is 59.6 Å². The predicted octanol–water partition coefficient (Wildman–Crippen LogP) is 2.18. The number of aromatic nitrogens is 3. The number of urea groups is 1. The van der Waals surface area contributed by atoms with Crippen molar-refractivity contribution in [2.24, 2.45) is 0 Å². The van der Waals surface area contributed by atoms with Crippen molar-refractivity contribution in [3.8, 4) is 5.82 Å². The lowest BCUT2D eigenvalue weighted by Crippen LogP contribution is -2.27. The van der Waals surface area contributed by atoms with Gasteiger partial charge in [0, 0.05) is 6.20 Å². The second-order valence-electron chi connectivity index (χ2n) is 4.25. The zero-order valence-electron chi connectivity index (χ0n) is 11.1. The molecule has 0 bridgehead atoms. The fraction of sp³-hybridized carbons (Fsp3) is 0.0714. The van der Waals surface area contributed by atoms with Gasteiger partial charge in [-0.1, -0.05) is 6.07 Å². The van der Waals surface area contributed by atoms with Crippen LogP contribution < -0.4 is 10.6 Å². The Morgan fingerprint density at radius 3 is 3.00 bits per heavy atom. The van der Waals surface area contributed by atoms with Gasteiger partial charge in [-0.25, -0.2) is 14.5 Å². The second-order valence-corrected chi connectivity index (χ2v) is 4.25. The minimum Gasteiger partial charge on any atom is -0.467 e. The summed E-state index contributed by atoms with van der Waals surface area (Å²) in [6.45, 7) is 0.327. The fourth-order valence-electron chi connectivity index (χ4n) is 1.76. The van der Waals surface area contributed by atoms with Crippen molar-refractivity contribution in [3.63, 3.8) is 0 Å². The molecule has 0 aliphatic carbocycles. The molecule has 0 aromatic carbocycles. The molecule has 0 saturated heterocycles. The molecular weight excluding hydrogens is 270 g/mol. The van der Waals surface area contributed by atoms with Crippen molar-refractivity contribution in [1.82, 2.24) is 20.1 Å². The van der Waals surface area contributed by atoms with Gasteiger partial charge in [0.15, 0.2) is 5.82 Å². The number of hydrogen-bond donors (Lipinski definition) is 2. The number of rotatable bonds is 4. The van der Waals surface area contributed by atoms with Crippen molar-refractivity contribution in [2.75, 3.05) is 5.32 Å². The van der Waals surface area contributed by atoms with Gasteiger partial charge >= 0.3 is 6.03 Å². The molecule has 2 amide bonds. The standard InChI is InChI=1S/C14H13N5O2/c20-14(16-9-12-4-3-7-21-12)18-11-8-17-19(10-11)13-5-1-2-6-15-13/h1-8,10H,9H2,(H2,16,18,20). The minimum atomic E-state index is -0.327. The summed E-state index contributed by atoms with van der Waals surface area (Å²) >= 11 is 0. The monoisotopic (exact) mass is 283 g/mol. The van der Waals surface area contributed by atoms with Crippen LogP contribution in [-0.4, -0.2) is 20.8 Å². The molecule has 7 heteroatoms. The van der Waals surface area contributed by atoms with E-state index >= 15 is 0 Å². The molecule has 3 aromatic rings. The first-order chi connectivity index (χ1) is 10.3. The Bertz CT molecular complexity index is 706. The topological polar surface area (TPSA) is 85.0 Å². The van der Waals surface area contributed by atoms with Crippen LogP contribution >= 0.6 is 0 Å². The van der Waals surface area contributed by atoms with E-state index in [1.807, 2.05) is 18.2 Å². The van der Waals surface area contributed by atoms with Crippen LogP contribution in [0.3, 0.4) is 0 Å². The number of carbonyl (C=O) groups is 1. The van der Waals surface area contributed by atoms with Gasteiger partial charge in [-0.2, -0.15) is 5.10 Å². The molecule has 0 unspecified atom stereocenters. The average molecular weight is 283 g/mol. The highest BCUT2D eigenvalue weighted by Crippen LogP contribution is 2.09. The number of amides is 2. The molecule has 3 heterocycles. The van der Waals surface area contributed by atoms with Crippen molar-refractivity contribution >= 4 is 11.7 Å². The van der Waals surface area contributed by atoms with Crippen molar-refractivity contribution in [3.05, 3.63) is 60.9 Å². The lowest BCUT2D eigenvalue weighted by Gasteiger charge is -2.03. The number of carbonyl (C=O) groups excluding carboxylic acids is 1. The van der Waals surface area contributed by atoms with Crippen molar-refractivity contribution in [2.45, 2.75) is 6.54 Å². The number of nitrogens with one attached hydrogen (secondary N) is 2. The third-order valence-corrected chi connectivity index (χ3v) is 2.73. The Balaban J connectivity index is 1.58. The van der Waals surface area contributed by atoms with Crippen LogP contribution in [-0.2, 0) is 6.54 Å². The molecule has 0 saturated carbocycles. The maximum absolute atomic E-state index is 11.7. The van der Waals surface area contributed by atoms with Crippen LogP contribution in [0.5, 0.6) is 0 Å². The van der Waals surface area contributed by atoms with Gasteiger partial charge in [0.05, 0.1) is 30.9 Å². The minimum absolute atomic E-state index is 0.327. The van der Waals surface area contributed by atoms with E-state index < -0.39 is 0 Å². The molecular formula is C14H13N5O2. The van der Waals surface area contributed by atoms with E-state index in [-0.39, 0.29) is 6.03 Å². The van der Waals surface area contributed by atoms with Crippen LogP contribution in [0, 0.1) is 0 Å². The molecule has 21 heavy (non-hydrogen) atoms. The number of hydrogen-bond acceptors (Lipinski definition) is 4. The largest absolute Gasteiger partial charge is 0.467 e. The van der Waals surface area contributed by atoms with E-state index in [0.717, 1.165) is 0 Å². The first kappa shape index (κ1) is 12.9. The molecule has 0 atom stereocenters. The average Bonchev–Trinajstić information content (AvgIpc) is 3.17. The normalized spacial score (nSPS) is 10.3. The van der Waals surface area contributed by atoms with Crippen molar-refractivity contribution < 1.29 is 9.21 Å². The summed E-state index contributed by atoms with van der Waals surface area (Å²) in [6.07, 6.45) is 6.49. The van der Waals surface area contributed by atoms with Crippen LogP contribution in [0.2, 0.25) is 0 Å². The zero-order chi connectivity index (χ0) is 14.5. The van der Waals surface area contributed by atoms with Gasteiger partial charge in [-0.05, 0) is 24.3 Å². The van der Waals surface area contributed by atoms with Gasteiger partial charge in [-0.15, -0.1) is 0 Å². The van der Waals surface area contributed by atoms with Crippen molar-refractivity contribution in [1.29, 1.82) is 0 Å². The highest BCUT2D eigenvalue weighted by Gasteiger charge is 2.06. The Morgan fingerprint density at radius 1 is 1.29 bits per heavy atom. The lowest BCUT2D eigenvalue weighted by atomic mass is 10.4. The number of nitrogens with zero attached hydrogens (tertiary/aromatic N) is 3. The summed E-state index contributed by atoms with van der Waals surface area (Å²) < 4.78 is 6.71. The number of anilines is 1. The smallest absolute Gasteiger partial charge is 0.319 e. The molecule has 0 aliphatic rings. The summed E-state index contributed by atoms with van der Waals surface area (Å²) in [7, 11) is 0. The van der Waals surface area contributed by atoms with E-state index in [1.165, 1.54) is 0 Å². The van der Waals surface area contributed by atoms with Gasteiger partial charge in [0.25, 0.3) is 0 Å². The van der Waals surface area contributed by atoms with E-state index in [2.05, 4.69) is 20.7 Å². The second kappa shape index (κ2) is 5.91. The zero-order valence-corrected chi connectivity index (χ0v) is 11.1. The Labute approximate surface area is 120 Å². The first-order valence-corrected chi connectivity index (χ1v) is 6.34. The molecule has 106 valence electrons. The third kappa shape index (κ3) is 3.27. The van der Waals surface area contributed by atoms with Crippen LogP contribution in [0.1, 0.15) is 5.76 Å². The summed E-state index contributed by atoms with van der Waals surface area (Å²) in [5.74, 6) is 1.37. The molecule has 0 fully saturated rings. The fourth-order valence-corrected chi connectivity index (χ4v) is 1.76. The molecule has 2 N–H and O–H groups in total. The van der Waals surface area contributed by atoms with Gasteiger partial charge in [0.2, 0.25) is 0 Å². The molecule has 0 spiro atoms. The van der Waals surface area contributed by atoms with Gasteiger partial charge in [-0.3, -0.25) is 0 Å². The molecule has 0 aliphatic heterocycles. The lowest BCUT2D eigenvalue weighted by molar-refractivity contribution is 0.251. The van der Waals surface area contributed by atoms with E-state index in [9.17, 15) is 4.79 Å². The van der Waals surface area contributed by atoms with E-state index in [1.54, 1.807) is 41.7 Å². The summed E-state index contributed by atoms with van der Waals surface area (Å²) in [5.41, 5.74) is 0.581. The number of furan rings is 1. The molecule has 3 aromatic heterocycles. The Hall–Kier alpha value is -3.09. The Kier molecular flexibility index (Phi) is 3.64. The van der Waals surface area contributed by atoms with E-state index in [0.29, 0.717) is 23.8 Å². The van der Waals surface area contributed by atoms with Gasteiger partial charge in [0.1, 0.15) is 5.76 Å². The quantitative estimate of drug-likeness (QED) is 0.768. The SMILES string of the molecule is O=C(NCc1ccco1)Nc1cnn(-c2ccccn2)c1. The van der Waals surface area contributed by atoms with Crippen LogP contribution in [0.25, 0.3) is 5.82 Å². The maximum atomic E-state index is 11.7. The highest BCUT2D eigenvalue weighted by molar-refractivity contribution is 5.88. The third-order valence-electron chi connectivity index (χ3n) is 2.73. The first-order valence-electron chi connectivity index (χ1n) is 6.34. The predicted molar refractivity (Wildman–Crippen MR) is 75.9 cm³/mol. The molecule has 0 radical (unpaired) electrons. The summed E-state index contributed by atoms with van der Waals surface area (Å²) in [6, 6.07) is 8.76. The molecule has 3 rings (SSSR count). The van der Waals surface area contributed by atoms with Gasteiger partial charge < -0.3 is 15.1 Å². The highest BCUT2D eigenvalue weighted by atomic mass is 16.3. The van der Waals surface area contributed by atoms with E-state index in [4.69, 9.17) is 4.42 Å².